The number of hydrogen-bond acceptors (Lipinski definition) is 5. The zero-order chi connectivity index (χ0) is 15.3. The van der Waals surface area contributed by atoms with Gasteiger partial charge in [0.05, 0.1) is 0 Å². The second kappa shape index (κ2) is 7.63. The predicted molar refractivity (Wildman–Crippen MR) is 90.4 cm³/mol. The van der Waals surface area contributed by atoms with E-state index in [1.165, 1.54) is 5.56 Å². The maximum atomic E-state index is 12.3. The van der Waals surface area contributed by atoms with E-state index in [4.69, 9.17) is 5.73 Å². The van der Waals surface area contributed by atoms with E-state index >= 15 is 0 Å². The Morgan fingerprint density at radius 3 is 2.71 bits per heavy atom. The number of sulfone groups is 1. The van der Waals surface area contributed by atoms with Crippen LogP contribution < -0.4 is 5.73 Å². The summed E-state index contributed by atoms with van der Waals surface area (Å²) in [6.45, 7) is 3.79. The molecule has 0 saturated carbocycles. The highest BCUT2D eigenvalue weighted by atomic mass is 32.2. The first-order chi connectivity index (χ1) is 10.1. The molecular formula is C15H24N2O2S2. The van der Waals surface area contributed by atoms with Crippen LogP contribution in [0.3, 0.4) is 0 Å². The fraction of sp³-hybridized carbons (Fsp3) is 0.600. The summed E-state index contributed by atoms with van der Waals surface area (Å²) in [5.41, 5.74) is 7.11. The molecule has 1 fully saturated rings. The molecule has 1 heterocycles. The number of thioether (sulfide) groups is 1. The van der Waals surface area contributed by atoms with Gasteiger partial charge in [0.1, 0.15) is 5.37 Å². The van der Waals surface area contributed by atoms with Crippen LogP contribution in [0, 0.1) is 0 Å². The van der Waals surface area contributed by atoms with Crippen LogP contribution in [0.1, 0.15) is 18.4 Å². The van der Waals surface area contributed by atoms with Gasteiger partial charge < -0.3 is 5.73 Å². The number of hydrogen-bond donors (Lipinski definition) is 1. The summed E-state index contributed by atoms with van der Waals surface area (Å²) in [6.07, 6.45) is 0. The van der Waals surface area contributed by atoms with Gasteiger partial charge in [-0.15, -0.1) is 0 Å². The van der Waals surface area contributed by atoms with Gasteiger partial charge in [-0.2, -0.15) is 11.8 Å². The van der Waals surface area contributed by atoms with Gasteiger partial charge in [-0.25, -0.2) is 8.42 Å². The second-order valence-corrected chi connectivity index (χ2v) is 8.92. The average molecular weight is 329 g/mol. The molecular weight excluding hydrogens is 304 g/mol. The zero-order valence-corrected chi connectivity index (χ0v) is 14.1. The van der Waals surface area contributed by atoms with E-state index in [1.807, 2.05) is 18.2 Å². The van der Waals surface area contributed by atoms with Crippen LogP contribution in [0.2, 0.25) is 0 Å². The summed E-state index contributed by atoms with van der Waals surface area (Å²) >= 11 is 1.73. The number of rotatable bonds is 6. The van der Waals surface area contributed by atoms with Crippen LogP contribution in [0.4, 0.5) is 0 Å². The Bertz CT molecular complexity index is 534. The second-order valence-electron chi connectivity index (χ2n) is 5.32. The maximum Gasteiger partial charge on any atom is 0.166 e. The first-order valence-corrected chi connectivity index (χ1v) is 10.2. The number of benzene rings is 1. The van der Waals surface area contributed by atoms with Crippen molar-refractivity contribution in [2.75, 3.05) is 36.9 Å². The van der Waals surface area contributed by atoms with Crippen molar-refractivity contribution in [1.29, 1.82) is 0 Å². The molecule has 21 heavy (non-hydrogen) atoms. The lowest BCUT2D eigenvalue weighted by Crippen LogP contribution is -2.49. The average Bonchev–Trinajstić information content (AvgIpc) is 2.53. The van der Waals surface area contributed by atoms with Crippen molar-refractivity contribution >= 4 is 21.6 Å². The third-order valence-electron chi connectivity index (χ3n) is 4.02. The molecule has 4 nitrogen and oxygen atoms in total. The van der Waals surface area contributed by atoms with Gasteiger partial charge in [0.25, 0.3) is 0 Å². The minimum Gasteiger partial charge on any atom is -0.330 e. The lowest BCUT2D eigenvalue weighted by atomic mass is 9.98. The zero-order valence-electron chi connectivity index (χ0n) is 12.4. The minimum atomic E-state index is -3.04. The van der Waals surface area contributed by atoms with Crippen molar-refractivity contribution in [3.8, 4) is 0 Å². The van der Waals surface area contributed by atoms with Crippen LogP contribution in [0.15, 0.2) is 30.3 Å². The molecule has 1 aromatic carbocycles. The topological polar surface area (TPSA) is 63.4 Å². The molecule has 1 saturated heterocycles. The molecule has 0 aromatic heterocycles. The molecule has 2 rings (SSSR count). The Hall–Kier alpha value is -0.560. The van der Waals surface area contributed by atoms with Gasteiger partial charge in [0, 0.05) is 42.8 Å². The molecule has 2 atom stereocenters. The van der Waals surface area contributed by atoms with Gasteiger partial charge in [-0.3, -0.25) is 4.90 Å². The van der Waals surface area contributed by atoms with Crippen molar-refractivity contribution < 1.29 is 8.42 Å². The van der Waals surface area contributed by atoms with Gasteiger partial charge in [-0.05, 0) is 5.56 Å². The van der Waals surface area contributed by atoms with Crippen molar-refractivity contribution in [3.63, 3.8) is 0 Å². The highest BCUT2D eigenvalue weighted by molar-refractivity contribution is 8.01. The van der Waals surface area contributed by atoms with Crippen LogP contribution in [0.5, 0.6) is 0 Å². The van der Waals surface area contributed by atoms with Crippen LogP contribution >= 0.6 is 11.8 Å². The molecule has 118 valence electrons. The summed E-state index contributed by atoms with van der Waals surface area (Å²) in [6, 6.07) is 10.1. The largest absolute Gasteiger partial charge is 0.330 e. The SMILES string of the molecule is CCS(=O)(=O)C1CSCCN1CC(CN)c1ccccc1. The van der Waals surface area contributed by atoms with E-state index in [2.05, 4.69) is 17.0 Å². The molecule has 2 N–H and O–H groups in total. The van der Waals surface area contributed by atoms with E-state index < -0.39 is 9.84 Å². The Labute approximate surface area is 132 Å². The van der Waals surface area contributed by atoms with Gasteiger partial charge in [0.2, 0.25) is 0 Å². The number of nitrogens with zero attached hydrogens (tertiary/aromatic N) is 1. The van der Waals surface area contributed by atoms with Crippen molar-refractivity contribution in [3.05, 3.63) is 35.9 Å². The normalized spacial score (nSPS) is 22.1. The van der Waals surface area contributed by atoms with E-state index in [0.29, 0.717) is 18.8 Å². The fourth-order valence-electron chi connectivity index (χ4n) is 2.67. The van der Waals surface area contributed by atoms with Gasteiger partial charge in [0.15, 0.2) is 9.84 Å². The molecule has 0 spiro atoms. The quantitative estimate of drug-likeness (QED) is 0.858. The third-order valence-corrected chi connectivity index (χ3v) is 7.35. The van der Waals surface area contributed by atoms with E-state index in [0.717, 1.165) is 12.3 Å². The lowest BCUT2D eigenvalue weighted by molar-refractivity contribution is 0.254. The fourth-order valence-corrected chi connectivity index (χ4v) is 5.76. The monoisotopic (exact) mass is 328 g/mol. The first-order valence-electron chi connectivity index (χ1n) is 7.37. The van der Waals surface area contributed by atoms with Crippen LogP contribution in [-0.2, 0) is 9.84 Å². The third kappa shape index (κ3) is 4.22. The molecule has 1 aliphatic heterocycles. The number of nitrogens with two attached hydrogens (primary N) is 1. The summed E-state index contributed by atoms with van der Waals surface area (Å²) in [7, 11) is -3.04. The molecule has 2 unspecified atom stereocenters. The highest BCUT2D eigenvalue weighted by Crippen LogP contribution is 2.25. The van der Waals surface area contributed by atoms with Crippen molar-refractivity contribution in [2.45, 2.75) is 18.2 Å². The molecule has 0 amide bonds. The maximum absolute atomic E-state index is 12.3. The molecule has 1 aliphatic rings. The molecule has 0 radical (unpaired) electrons. The van der Waals surface area contributed by atoms with Crippen LogP contribution in [0.25, 0.3) is 0 Å². The van der Waals surface area contributed by atoms with E-state index in [1.54, 1.807) is 18.7 Å². The first kappa shape index (κ1) is 16.8. The summed E-state index contributed by atoms with van der Waals surface area (Å²) in [5, 5.41) is -0.362. The van der Waals surface area contributed by atoms with Crippen LogP contribution in [-0.4, -0.2) is 55.6 Å². The lowest BCUT2D eigenvalue weighted by Gasteiger charge is -2.36. The predicted octanol–water partition coefficient (Wildman–Crippen LogP) is 1.54. The Balaban J connectivity index is 2.15. The molecule has 1 aromatic rings. The van der Waals surface area contributed by atoms with E-state index in [9.17, 15) is 8.42 Å². The molecule has 0 bridgehead atoms. The molecule has 0 aliphatic carbocycles. The van der Waals surface area contributed by atoms with Gasteiger partial charge in [-0.1, -0.05) is 37.3 Å². The smallest absolute Gasteiger partial charge is 0.166 e. The minimum absolute atomic E-state index is 0.184. The summed E-state index contributed by atoms with van der Waals surface area (Å²) in [4.78, 5) is 2.11. The Kier molecular flexibility index (Phi) is 6.10. The molecule has 6 heteroatoms. The van der Waals surface area contributed by atoms with Crippen molar-refractivity contribution in [1.82, 2.24) is 4.90 Å². The van der Waals surface area contributed by atoms with Crippen molar-refractivity contribution in [2.24, 2.45) is 5.73 Å². The Morgan fingerprint density at radius 2 is 2.10 bits per heavy atom. The van der Waals surface area contributed by atoms with Gasteiger partial charge >= 0.3 is 0 Å². The standard InChI is InChI=1S/C15H24N2O2S2/c1-2-21(18,19)15-12-20-9-8-17(15)11-14(10-16)13-6-4-3-5-7-13/h3-7,14-15H,2,8-12,16H2,1H3. The summed E-state index contributed by atoms with van der Waals surface area (Å²) < 4.78 is 24.6. The summed E-state index contributed by atoms with van der Waals surface area (Å²) in [5.74, 6) is 2.04. The highest BCUT2D eigenvalue weighted by Gasteiger charge is 2.33. The van der Waals surface area contributed by atoms with E-state index in [-0.39, 0.29) is 17.0 Å². The Morgan fingerprint density at radius 1 is 1.38 bits per heavy atom.